The van der Waals surface area contributed by atoms with E-state index in [2.05, 4.69) is 5.32 Å². The van der Waals surface area contributed by atoms with Gasteiger partial charge in [0.1, 0.15) is 11.6 Å². The fraction of sp³-hybridized carbons (Fsp3) is 0.190. The summed E-state index contributed by atoms with van der Waals surface area (Å²) >= 11 is 0. The van der Waals surface area contributed by atoms with Gasteiger partial charge in [-0.25, -0.2) is 4.79 Å². The van der Waals surface area contributed by atoms with Crippen LogP contribution in [0.2, 0.25) is 0 Å². The summed E-state index contributed by atoms with van der Waals surface area (Å²) in [5, 5.41) is 12.0. The van der Waals surface area contributed by atoms with E-state index >= 15 is 0 Å². The van der Waals surface area contributed by atoms with Crippen molar-refractivity contribution in [2.24, 2.45) is 0 Å². The molecule has 0 spiro atoms. The van der Waals surface area contributed by atoms with Crippen LogP contribution in [0, 0.1) is 11.3 Å². The normalized spacial score (nSPS) is 10.5. The Morgan fingerprint density at radius 1 is 1.00 bits per heavy atom. The lowest BCUT2D eigenvalue weighted by Gasteiger charge is -2.13. The molecule has 8 nitrogen and oxygen atoms in total. The predicted molar refractivity (Wildman–Crippen MR) is 106 cm³/mol. The number of benzene rings is 2. The smallest absolute Gasteiger partial charge is 0.339 e. The highest BCUT2D eigenvalue weighted by atomic mass is 16.5. The minimum Gasteiger partial charge on any atom is -0.493 e. The van der Waals surface area contributed by atoms with Gasteiger partial charge in [-0.2, -0.15) is 5.26 Å². The molecular weight excluding hydrogens is 376 g/mol. The van der Waals surface area contributed by atoms with Gasteiger partial charge in [-0.05, 0) is 35.9 Å². The van der Waals surface area contributed by atoms with Crippen molar-refractivity contribution in [1.82, 2.24) is 0 Å². The fourth-order valence-electron chi connectivity index (χ4n) is 2.57. The van der Waals surface area contributed by atoms with Gasteiger partial charge < -0.3 is 24.3 Å². The molecule has 0 fully saturated rings. The van der Waals surface area contributed by atoms with Gasteiger partial charge in [0, 0.05) is 0 Å². The number of amides is 1. The highest BCUT2D eigenvalue weighted by Gasteiger charge is 2.17. The van der Waals surface area contributed by atoms with E-state index in [0.29, 0.717) is 22.8 Å². The number of nitrogens with zero attached hydrogens (tertiary/aromatic N) is 1. The van der Waals surface area contributed by atoms with Crippen molar-refractivity contribution in [3.63, 3.8) is 0 Å². The third-order valence-corrected chi connectivity index (χ3v) is 3.94. The Hall–Kier alpha value is -3.99. The third kappa shape index (κ3) is 4.84. The number of nitriles is 1. The lowest BCUT2D eigenvalue weighted by atomic mass is 10.1. The molecule has 0 aliphatic rings. The van der Waals surface area contributed by atoms with Gasteiger partial charge in [-0.1, -0.05) is 12.1 Å². The molecule has 29 heavy (non-hydrogen) atoms. The Morgan fingerprint density at radius 2 is 1.62 bits per heavy atom. The van der Waals surface area contributed by atoms with Crippen LogP contribution in [0.25, 0.3) is 6.08 Å². The minimum absolute atomic E-state index is 0.174. The summed E-state index contributed by atoms with van der Waals surface area (Å²) in [5.41, 5.74) is 0.718. The monoisotopic (exact) mass is 396 g/mol. The molecule has 0 saturated carbocycles. The van der Waals surface area contributed by atoms with Crippen LogP contribution in [0.3, 0.4) is 0 Å². The van der Waals surface area contributed by atoms with Crippen LogP contribution in [-0.2, 0) is 9.53 Å². The maximum absolute atomic E-state index is 12.6. The van der Waals surface area contributed by atoms with E-state index in [4.69, 9.17) is 18.9 Å². The number of hydrogen-bond donors (Lipinski definition) is 1. The number of carbonyl (C=O) groups is 2. The first-order valence-electron chi connectivity index (χ1n) is 8.39. The number of esters is 1. The highest BCUT2D eigenvalue weighted by Crippen LogP contribution is 2.38. The van der Waals surface area contributed by atoms with Crippen molar-refractivity contribution < 1.29 is 28.5 Å². The van der Waals surface area contributed by atoms with E-state index in [0.717, 1.165) is 0 Å². The highest BCUT2D eigenvalue weighted by molar-refractivity contribution is 6.12. The zero-order valence-electron chi connectivity index (χ0n) is 16.4. The van der Waals surface area contributed by atoms with E-state index in [-0.39, 0.29) is 16.8 Å². The van der Waals surface area contributed by atoms with Gasteiger partial charge in [0.25, 0.3) is 5.91 Å². The molecule has 0 unspecified atom stereocenters. The first-order valence-corrected chi connectivity index (χ1v) is 8.39. The van der Waals surface area contributed by atoms with Gasteiger partial charge in [-0.15, -0.1) is 0 Å². The minimum atomic E-state index is -0.683. The van der Waals surface area contributed by atoms with Crippen molar-refractivity contribution in [2.45, 2.75) is 0 Å². The Morgan fingerprint density at radius 3 is 2.14 bits per heavy atom. The molecule has 0 bridgehead atoms. The number of hydrogen-bond acceptors (Lipinski definition) is 7. The predicted octanol–water partition coefficient (Wildman–Crippen LogP) is 3.04. The Labute approximate surface area is 168 Å². The van der Waals surface area contributed by atoms with Gasteiger partial charge in [0.15, 0.2) is 11.5 Å². The molecule has 0 heterocycles. The first kappa shape index (κ1) is 21.3. The third-order valence-electron chi connectivity index (χ3n) is 3.94. The Balaban J connectivity index is 2.40. The van der Waals surface area contributed by atoms with Gasteiger partial charge in [0.05, 0.1) is 39.7 Å². The summed E-state index contributed by atoms with van der Waals surface area (Å²) in [7, 11) is 5.65. The van der Waals surface area contributed by atoms with Crippen molar-refractivity contribution >= 4 is 23.6 Å². The molecule has 1 N–H and O–H groups in total. The largest absolute Gasteiger partial charge is 0.493 e. The molecule has 1 amide bonds. The summed E-state index contributed by atoms with van der Waals surface area (Å²) in [6.45, 7) is 0. The lowest BCUT2D eigenvalue weighted by molar-refractivity contribution is -0.112. The zero-order chi connectivity index (χ0) is 21.4. The summed E-state index contributed by atoms with van der Waals surface area (Å²) in [6.07, 6.45) is 1.38. The van der Waals surface area contributed by atoms with Crippen molar-refractivity contribution in [2.75, 3.05) is 33.8 Å². The van der Waals surface area contributed by atoms with Crippen molar-refractivity contribution in [3.8, 4) is 23.3 Å². The number of para-hydroxylation sites is 1. The second-order valence-corrected chi connectivity index (χ2v) is 5.62. The molecule has 0 atom stereocenters. The van der Waals surface area contributed by atoms with Gasteiger partial charge >= 0.3 is 5.97 Å². The Kier molecular flexibility index (Phi) is 7.20. The van der Waals surface area contributed by atoms with Gasteiger partial charge in [0.2, 0.25) is 5.75 Å². The summed E-state index contributed by atoms with van der Waals surface area (Å²) < 4.78 is 20.5. The zero-order valence-corrected chi connectivity index (χ0v) is 16.4. The van der Waals surface area contributed by atoms with Crippen LogP contribution in [-0.4, -0.2) is 40.3 Å². The van der Waals surface area contributed by atoms with Crippen LogP contribution < -0.4 is 19.5 Å². The number of carbonyl (C=O) groups excluding carboxylic acids is 2. The molecule has 0 aliphatic carbocycles. The van der Waals surface area contributed by atoms with Crippen LogP contribution in [0.5, 0.6) is 17.2 Å². The number of anilines is 1. The number of rotatable bonds is 7. The standard InChI is InChI=1S/C21H20N2O6/c1-26-17-10-13(11-18(27-2)19(17)28-3)9-14(12-22)20(24)23-16-8-6-5-7-15(16)21(25)29-4/h5-11H,1-4H3,(H,23,24)/b14-9+. The van der Waals surface area contributed by atoms with E-state index < -0.39 is 11.9 Å². The molecular formula is C21H20N2O6. The SMILES string of the molecule is COC(=O)c1ccccc1NC(=O)/C(C#N)=C/c1cc(OC)c(OC)c(OC)c1. The van der Waals surface area contributed by atoms with Crippen LogP contribution in [0.15, 0.2) is 42.0 Å². The number of methoxy groups -OCH3 is 4. The molecule has 0 radical (unpaired) electrons. The van der Waals surface area contributed by atoms with Gasteiger partial charge in [-0.3, -0.25) is 4.79 Å². The summed E-state index contributed by atoms with van der Waals surface area (Å²) in [5.74, 6) is -0.133. The van der Waals surface area contributed by atoms with Crippen molar-refractivity contribution in [1.29, 1.82) is 5.26 Å². The average molecular weight is 396 g/mol. The molecule has 2 rings (SSSR count). The second kappa shape index (κ2) is 9.80. The average Bonchev–Trinajstić information content (AvgIpc) is 2.76. The topological polar surface area (TPSA) is 107 Å². The number of ether oxygens (including phenoxy) is 4. The first-order chi connectivity index (χ1) is 14.0. The summed E-state index contributed by atoms with van der Waals surface area (Å²) in [4.78, 5) is 24.5. The molecule has 0 aromatic heterocycles. The van der Waals surface area contributed by atoms with E-state index in [9.17, 15) is 14.9 Å². The van der Waals surface area contributed by atoms with Crippen LogP contribution in [0.1, 0.15) is 15.9 Å². The quantitative estimate of drug-likeness (QED) is 0.435. The molecule has 150 valence electrons. The molecule has 0 saturated heterocycles. The van der Waals surface area contributed by atoms with E-state index in [1.807, 2.05) is 6.07 Å². The molecule has 0 aliphatic heterocycles. The summed E-state index contributed by atoms with van der Waals surface area (Å²) in [6, 6.07) is 11.4. The molecule has 8 heteroatoms. The van der Waals surface area contributed by atoms with Crippen LogP contribution >= 0.6 is 0 Å². The maximum Gasteiger partial charge on any atom is 0.339 e. The second-order valence-electron chi connectivity index (χ2n) is 5.62. The Bertz CT molecular complexity index is 966. The fourth-order valence-corrected chi connectivity index (χ4v) is 2.57. The van der Waals surface area contributed by atoms with E-state index in [1.165, 1.54) is 40.6 Å². The number of nitrogens with one attached hydrogen (secondary N) is 1. The molecule has 2 aromatic rings. The lowest BCUT2D eigenvalue weighted by Crippen LogP contribution is -2.16. The maximum atomic E-state index is 12.6. The van der Waals surface area contributed by atoms with E-state index in [1.54, 1.807) is 30.3 Å². The molecule has 2 aromatic carbocycles. The van der Waals surface area contributed by atoms with Crippen molar-refractivity contribution in [3.05, 3.63) is 53.1 Å². The van der Waals surface area contributed by atoms with Crippen LogP contribution in [0.4, 0.5) is 5.69 Å².